The number of anilines is 2. The van der Waals surface area contributed by atoms with Gasteiger partial charge in [0.05, 0.1) is 40.4 Å². The third-order valence-electron chi connectivity index (χ3n) is 11.0. The number of carbonyl (C=O) groups is 3. The van der Waals surface area contributed by atoms with Crippen molar-refractivity contribution in [1.29, 1.82) is 0 Å². The summed E-state index contributed by atoms with van der Waals surface area (Å²) in [5, 5.41) is 14.2. The van der Waals surface area contributed by atoms with Crippen molar-refractivity contribution in [2.24, 2.45) is 5.92 Å². The largest absolute Gasteiger partial charge is 0.497 e. The molecule has 3 amide bonds. The van der Waals surface area contributed by atoms with Gasteiger partial charge in [0.1, 0.15) is 5.75 Å². The summed E-state index contributed by atoms with van der Waals surface area (Å²) in [4.78, 5) is 44.9. The fraction of sp³-hybridized carbons (Fsp3) is 0.571. The monoisotopic (exact) mass is 633 g/mol. The standard InChI is InChI=1S/C35H47N3O6Si/c1-23-33(45(3,4)27-15-13-26(43-2)14-16-27)30(21-32(41)38-19-9-10-25(38)22-39)44-35(23)28-20-24(12-17-29(28)36-34(35)42)37-18-8-6-5-7-11-31(37)40/h12-17,20,23,25,30,33,39H,5-11,18-19,21-22H2,1-4H3,(H,36,42)/t23-,25-,30+,33-,35+/m0/s1. The normalized spacial score (nSPS) is 28.6. The average Bonchev–Trinajstić information content (AvgIpc) is 3.70. The van der Waals surface area contributed by atoms with E-state index in [2.05, 4.69) is 37.5 Å². The summed E-state index contributed by atoms with van der Waals surface area (Å²) in [6, 6.07) is 13.8. The Morgan fingerprint density at radius 1 is 1.07 bits per heavy atom. The first kappa shape index (κ1) is 31.8. The van der Waals surface area contributed by atoms with E-state index < -0.39 is 19.8 Å². The highest BCUT2D eigenvalue weighted by Crippen LogP contribution is 2.59. The van der Waals surface area contributed by atoms with E-state index in [0.29, 0.717) is 25.2 Å². The Hall–Kier alpha value is -3.21. The zero-order valence-corrected chi connectivity index (χ0v) is 28.0. The lowest BCUT2D eigenvalue weighted by Gasteiger charge is -2.37. The smallest absolute Gasteiger partial charge is 0.261 e. The van der Waals surface area contributed by atoms with Crippen LogP contribution in [0.2, 0.25) is 18.6 Å². The van der Waals surface area contributed by atoms with Gasteiger partial charge in [0.25, 0.3) is 5.91 Å². The van der Waals surface area contributed by atoms with Gasteiger partial charge in [-0.2, -0.15) is 0 Å². The molecule has 2 aromatic rings. The molecule has 0 bridgehead atoms. The molecule has 4 aliphatic rings. The molecule has 3 fully saturated rings. The van der Waals surface area contributed by atoms with Gasteiger partial charge in [-0.05, 0) is 61.6 Å². The molecule has 2 N–H and O–H groups in total. The third-order valence-corrected chi connectivity index (χ3v) is 15.4. The molecule has 3 saturated heterocycles. The van der Waals surface area contributed by atoms with Crippen molar-refractivity contribution < 1.29 is 29.0 Å². The van der Waals surface area contributed by atoms with Crippen LogP contribution in [0.15, 0.2) is 42.5 Å². The number of amides is 3. The average molecular weight is 634 g/mol. The maximum atomic E-state index is 14.2. The van der Waals surface area contributed by atoms with E-state index in [1.165, 1.54) is 5.19 Å². The lowest BCUT2D eigenvalue weighted by Crippen LogP contribution is -2.52. The highest BCUT2D eigenvalue weighted by atomic mass is 28.3. The number of nitrogens with zero attached hydrogens (tertiary/aromatic N) is 2. The van der Waals surface area contributed by atoms with Crippen molar-refractivity contribution >= 4 is 42.4 Å². The van der Waals surface area contributed by atoms with Gasteiger partial charge in [-0.25, -0.2) is 0 Å². The molecule has 0 aliphatic carbocycles. The number of aliphatic hydroxyl groups excluding tert-OH is 1. The maximum Gasteiger partial charge on any atom is 0.261 e. The van der Waals surface area contributed by atoms with Crippen LogP contribution in [0.25, 0.3) is 0 Å². The summed E-state index contributed by atoms with van der Waals surface area (Å²) in [6.07, 6.45) is 5.82. The topological polar surface area (TPSA) is 108 Å². The Kier molecular flexibility index (Phi) is 8.84. The van der Waals surface area contributed by atoms with Crippen LogP contribution in [0, 0.1) is 5.92 Å². The Morgan fingerprint density at radius 2 is 1.82 bits per heavy atom. The number of methoxy groups -OCH3 is 1. The Balaban J connectivity index is 1.41. The second-order valence-electron chi connectivity index (χ2n) is 13.8. The van der Waals surface area contributed by atoms with Gasteiger partial charge in [0.2, 0.25) is 11.8 Å². The minimum atomic E-state index is -2.40. The number of rotatable bonds is 7. The van der Waals surface area contributed by atoms with E-state index >= 15 is 0 Å². The Morgan fingerprint density at radius 3 is 2.56 bits per heavy atom. The molecule has 6 rings (SSSR count). The van der Waals surface area contributed by atoms with E-state index in [-0.39, 0.29) is 48.3 Å². The molecule has 0 radical (unpaired) electrons. The molecule has 10 heteroatoms. The van der Waals surface area contributed by atoms with E-state index in [0.717, 1.165) is 55.5 Å². The summed E-state index contributed by atoms with van der Waals surface area (Å²) in [5.74, 6) is 0.395. The van der Waals surface area contributed by atoms with Crippen LogP contribution < -0.4 is 20.1 Å². The van der Waals surface area contributed by atoms with Crippen molar-refractivity contribution in [3.63, 3.8) is 0 Å². The minimum absolute atomic E-state index is 0.0380. The molecule has 4 aliphatic heterocycles. The number of nitrogens with one attached hydrogen (secondary N) is 1. The van der Waals surface area contributed by atoms with Gasteiger partial charge in [-0.3, -0.25) is 14.4 Å². The van der Waals surface area contributed by atoms with E-state index in [1.807, 2.05) is 35.2 Å². The van der Waals surface area contributed by atoms with Gasteiger partial charge >= 0.3 is 0 Å². The predicted molar refractivity (Wildman–Crippen MR) is 177 cm³/mol. The van der Waals surface area contributed by atoms with Crippen LogP contribution in [-0.4, -0.2) is 74.8 Å². The van der Waals surface area contributed by atoms with Crippen LogP contribution in [0.4, 0.5) is 11.4 Å². The first-order valence-corrected chi connectivity index (χ1v) is 19.7. The maximum absolute atomic E-state index is 14.2. The van der Waals surface area contributed by atoms with Crippen molar-refractivity contribution in [2.45, 2.75) is 94.7 Å². The molecule has 5 atom stereocenters. The Labute approximate surface area is 267 Å². The summed E-state index contributed by atoms with van der Waals surface area (Å²) in [5.41, 5.74) is 0.878. The number of likely N-dealkylation sites (tertiary alicyclic amines) is 1. The van der Waals surface area contributed by atoms with Gasteiger partial charge in [0.15, 0.2) is 5.60 Å². The number of ether oxygens (including phenoxy) is 2. The third kappa shape index (κ3) is 5.48. The fourth-order valence-electron chi connectivity index (χ4n) is 8.56. The molecule has 4 heterocycles. The van der Waals surface area contributed by atoms with Crippen LogP contribution in [-0.2, 0) is 24.7 Å². The van der Waals surface area contributed by atoms with Crippen LogP contribution >= 0.6 is 0 Å². The zero-order valence-electron chi connectivity index (χ0n) is 27.0. The molecular formula is C35H47N3O6Si. The number of hydrogen-bond acceptors (Lipinski definition) is 6. The predicted octanol–water partition coefficient (Wildman–Crippen LogP) is 4.53. The number of aliphatic hydroxyl groups is 1. The zero-order chi connectivity index (χ0) is 31.9. The number of benzene rings is 2. The molecule has 242 valence electrons. The van der Waals surface area contributed by atoms with Crippen molar-refractivity contribution in [3.05, 3.63) is 48.0 Å². The molecule has 0 aromatic heterocycles. The lowest BCUT2D eigenvalue weighted by atomic mass is 9.82. The summed E-state index contributed by atoms with van der Waals surface area (Å²) < 4.78 is 12.5. The lowest BCUT2D eigenvalue weighted by molar-refractivity contribution is -0.148. The second-order valence-corrected chi connectivity index (χ2v) is 18.5. The molecule has 1 spiro atoms. The first-order valence-electron chi connectivity index (χ1n) is 16.6. The molecule has 2 aromatic carbocycles. The van der Waals surface area contributed by atoms with Crippen LogP contribution in [0.5, 0.6) is 5.75 Å². The SMILES string of the molecule is COc1ccc([Si](C)(C)[C@@H]2[C@@H](CC(=O)N3CCC[C@H]3CO)O[C@]3(C(=O)Nc4ccc(N5CCCCCCC5=O)cc43)[C@H]2C)cc1. The van der Waals surface area contributed by atoms with Gasteiger partial charge in [-0.1, -0.05) is 50.2 Å². The first-order chi connectivity index (χ1) is 21.6. The number of hydrogen-bond donors (Lipinski definition) is 2. The quantitative estimate of drug-likeness (QED) is 0.434. The molecular weight excluding hydrogens is 586 g/mol. The highest BCUT2D eigenvalue weighted by Gasteiger charge is 2.65. The fourth-order valence-corrected chi connectivity index (χ4v) is 12.6. The van der Waals surface area contributed by atoms with Crippen molar-refractivity contribution in [1.82, 2.24) is 4.90 Å². The van der Waals surface area contributed by atoms with Gasteiger partial charge in [-0.15, -0.1) is 0 Å². The minimum Gasteiger partial charge on any atom is -0.497 e. The van der Waals surface area contributed by atoms with Gasteiger partial charge in [0, 0.05) is 42.4 Å². The molecule has 45 heavy (non-hydrogen) atoms. The molecule has 9 nitrogen and oxygen atoms in total. The van der Waals surface area contributed by atoms with Gasteiger partial charge < -0.3 is 29.7 Å². The van der Waals surface area contributed by atoms with Crippen molar-refractivity contribution in [2.75, 3.05) is 37.0 Å². The summed E-state index contributed by atoms with van der Waals surface area (Å²) in [6.45, 7) is 7.92. The second kappa shape index (κ2) is 12.5. The number of fused-ring (bicyclic) bond motifs is 2. The van der Waals surface area contributed by atoms with Crippen LogP contribution in [0.3, 0.4) is 0 Å². The number of carbonyl (C=O) groups excluding carboxylic acids is 3. The molecule has 0 saturated carbocycles. The van der Waals surface area contributed by atoms with E-state index in [1.54, 1.807) is 12.0 Å². The highest BCUT2D eigenvalue weighted by molar-refractivity contribution is 6.91. The summed E-state index contributed by atoms with van der Waals surface area (Å²) >= 11 is 0. The molecule has 0 unspecified atom stereocenters. The van der Waals surface area contributed by atoms with E-state index in [4.69, 9.17) is 9.47 Å². The van der Waals surface area contributed by atoms with Crippen molar-refractivity contribution in [3.8, 4) is 5.75 Å². The summed E-state index contributed by atoms with van der Waals surface area (Å²) in [7, 11) is -0.747. The van der Waals surface area contributed by atoms with Crippen LogP contribution in [0.1, 0.15) is 63.9 Å². The Bertz CT molecular complexity index is 1450. The van der Waals surface area contributed by atoms with E-state index in [9.17, 15) is 19.5 Å².